The van der Waals surface area contributed by atoms with Crippen molar-refractivity contribution in [1.82, 2.24) is 4.90 Å². The van der Waals surface area contributed by atoms with Crippen LogP contribution in [0, 0.1) is 15.5 Å². The maximum atomic E-state index is 12.5. The molecule has 1 aromatic carbocycles. The molecule has 1 saturated heterocycles. The fourth-order valence-electron chi connectivity index (χ4n) is 2.54. The Morgan fingerprint density at radius 3 is 2.64 bits per heavy atom. The van der Waals surface area contributed by atoms with Gasteiger partial charge in [0.05, 0.1) is 10.2 Å². The lowest BCUT2D eigenvalue weighted by Gasteiger charge is -2.24. The first kappa shape index (κ1) is 16.8. The molecule has 1 heterocycles. The molecule has 1 aromatic rings. The van der Waals surface area contributed by atoms with E-state index < -0.39 is 4.92 Å². The van der Waals surface area contributed by atoms with Crippen LogP contribution in [0.1, 0.15) is 20.3 Å². The minimum absolute atomic E-state index is 0.0212. The number of nitrogens with zero attached hydrogens (tertiary/aromatic N) is 2. The highest BCUT2D eigenvalue weighted by Crippen LogP contribution is 2.32. The molecule has 0 bridgehead atoms. The zero-order valence-corrected chi connectivity index (χ0v) is 13.6. The number of nitro benzene ring substituents is 1. The topological polar surface area (TPSA) is 89.5 Å². The highest BCUT2D eigenvalue weighted by molar-refractivity contribution is 8.00. The second-order valence-electron chi connectivity index (χ2n) is 6.04. The van der Waals surface area contributed by atoms with Crippen molar-refractivity contribution in [3.63, 3.8) is 0 Å². The Kier molecular flexibility index (Phi) is 5.08. The van der Waals surface area contributed by atoms with Crippen molar-refractivity contribution in [2.45, 2.75) is 30.4 Å². The first-order chi connectivity index (χ1) is 10.3. The van der Waals surface area contributed by atoms with Gasteiger partial charge in [-0.25, -0.2) is 0 Å². The number of non-ortho nitro benzene ring substituents is 1. The van der Waals surface area contributed by atoms with E-state index in [2.05, 4.69) is 6.92 Å². The van der Waals surface area contributed by atoms with Crippen LogP contribution in [0.25, 0.3) is 0 Å². The number of hydrogen-bond acceptors (Lipinski definition) is 5. The van der Waals surface area contributed by atoms with Crippen molar-refractivity contribution in [3.05, 3.63) is 34.4 Å². The molecule has 0 radical (unpaired) electrons. The number of hydrogen-bond donors (Lipinski definition) is 1. The SMILES string of the molecule is CC(Sc1ccc([N+](=O)[O-])cc1)C(=O)N1CCC(C)(CN)C1. The van der Waals surface area contributed by atoms with Gasteiger partial charge in [0.1, 0.15) is 0 Å². The molecule has 0 spiro atoms. The molecule has 7 heteroatoms. The minimum atomic E-state index is -0.430. The predicted octanol–water partition coefficient (Wildman–Crippen LogP) is 2.27. The summed E-state index contributed by atoms with van der Waals surface area (Å²) >= 11 is 1.42. The van der Waals surface area contributed by atoms with Gasteiger partial charge in [-0.3, -0.25) is 14.9 Å². The van der Waals surface area contributed by atoms with Crippen LogP contribution >= 0.6 is 11.8 Å². The summed E-state index contributed by atoms with van der Waals surface area (Å²) in [6.07, 6.45) is 0.935. The van der Waals surface area contributed by atoms with Gasteiger partial charge < -0.3 is 10.6 Å². The molecule has 1 fully saturated rings. The molecule has 1 aliphatic heterocycles. The molecule has 1 aliphatic rings. The molecule has 6 nitrogen and oxygen atoms in total. The number of rotatable bonds is 5. The number of nitrogens with two attached hydrogens (primary N) is 1. The van der Waals surface area contributed by atoms with E-state index >= 15 is 0 Å². The number of amides is 1. The highest BCUT2D eigenvalue weighted by atomic mass is 32.2. The van der Waals surface area contributed by atoms with Gasteiger partial charge in [-0.15, -0.1) is 11.8 Å². The second-order valence-corrected chi connectivity index (χ2v) is 7.45. The van der Waals surface area contributed by atoms with Crippen LogP contribution in [-0.2, 0) is 4.79 Å². The monoisotopic (exact) mass is 323 g/mol. The average molecular weight is 323 g/mol. The zero-order chi connectivity index (χ0) is 16.3. The minimum Gasteiger partial charge on any atom is -0.341 e. The quantitative estimate of drug-likeness (QED) is 0.510. The van der Waals surface area contributed by atoms with Gasteiger partial charge in [0, 0.05) is 30.1 Å². The van der Waals surface area contributed by atoms with Gasteiger partial charge in [0.15, 0.2) is 0 Å². The Balaban J connectivity index is 1.95. The lowest BCUT2D eigenvalue weighted by Crippen LogP contribution is -2.38. The van der Waals surface area contributed by atoms with Crippen molar-refractivity contribution in [1.29, 1.82) is 0 Å². The average Bonchev–Trinajstić information content (AvgIpc) is 2.90. The smallest absolute Gasteiger partial charge is 0.269 e. The molecule has 22 heavy (non-hydrogen) atoms. The third kappa shape index (κ3) is 3.78. The highest BCUT2D eigenvalue weighted by Gasteiger charge is 2.36. The summed E-state index contributed by atoms with van der Waals surface area (Å²) in [5.74, 6) is 0.0977. The Hall–Kier alpha value is -1.60. The van der Waals surface area contributed by atoms with Crippen molar-refractivity contribution < 1.29 is 9.72 Å². The van der Waals surface area contributed by atoms with E-state index in [0.29, 0.717) is 13.1 Å². The third-order valence-electron chi connectivity index (χ3n) is 4.07. The van der Waals surface area contributed by atoms with Crippen molar-refractivity contribution >= 4 is 23.4 Å². The molecule has 0 aliphatic carbocycles. The molecule has 2 atom stereocenters. The molecule has 0 saturated carbocycles. The Bertz CT molecular complexity index is 564. The number of carbonyl (C=O) groups excluding carboxylic acids is 1. The number of nitro groups is 1. The van der Waals surface area contributed by atoms with E-state index in [4.69, 9.17) is 5.73 Å². The lowest BCUT2D eigenvalue weighted by molar-refractivity contribution is -0.384. The van der Waals surface area contributed by atoms with Crippen LogP contribution in [-0.4, -0.2) is 40.6 Å². The second kappa shape index (κ2) is 6.66. The zero-order valence-electron chi connectivity index (χ0n) is 12.8. The molecule has 2 N–H and O–H groups in total. The van der Waals surface area contributed by atoms with Crippen LogP contribution < -0.4 is 5.73 Å². The van der Waals surface area contributed by atoms with E-state index in [0.717, 1.165) is 17.9 Å². The molecular formula is C15H21N3O3S. The summed E-state index contributed by atoms with van der Waals surface area (Å²) in [5, 5.41) is 10.4. The maximum Gasteiger partial charge on any atom is 0.269 e. The van der Waals surface area contributed by atoms with Crippen LogP contribution in [0.2, 0.25) is 0 Å². The van der Waals surface area contributed by atoms with Crippen molar-refractivity contribution in [3.8, 4) is 0 Å². The summed E-state index contributed by atoms with van der Waals surface area (Å²) in [5.41, 5.74) is 5.85. The lowest BCUT2D eigenvalue weighted by atomic mass is 9.90. The van der Waals surface area contributed by atoms with Gasteiger partial charge in [-0.1, -0.05) is 6.92 Å². The van der Waals surface area contributed by atoms with Crippen LogP contribution in [0.3, 0.4) is 0 Å². The van der Waals surface area contributed by atoms with E-state index in [9.17, 15) is 14.9 Å². The number of carbonyl (C=O) groups is 1. The number of thioether (sulfide) groups is 1. The summed E-state index contributed by atoms with van der Waals surface area (Å²) < 4.78 is 0. The Morgan fingerprint density at radius 1 is 1.50 bits per heavy atom. The van der Waals surface area contributed by atoms with E-state index in [1.54, 1.807) is 12.1 Å². The molecule has 2 unspecified atom stereocenters. The maximum absolute atomic E-state index is 12.5. The van der Waals surface area contributed by atoms with E-state index in [1.807, 2.05) is 11.8 Å². The fraction of sp³-hybridized carbons (Fsp3) is 0.533. The largest absolute Gasteiger partial charge is 0.341 e. The summed E-state index contributed by atoms with van der Waals surface area (Å²) in [7, 11) is 0. The normalized spacial score (nSPS) is 22.6. The summed E-state index contributed by atoms with van der Waals surface area (Å²) in [4.78, 5) is 25.4. The molecular weight excluding hydrogens is 302 g/mol. The van der Waals surface area contributed by atoms with Gasteiger partial charge in [0.2, 0.25) is 5.91 Å². The first-order valence-electron chi connectivity index (χ1n) is 7.25. The van der Waals surface area contributed by atoms with Gasteiger partial charge in [-0.2, -0.15) is 0 Å². The van der Waals surface area contributed by atoms with Gasteiger partial charge in [0.25, 0.3) is 5.69 Å². The van der Waals surface area contributed by atoms with Gasteiger partial charge in [-0.05, 0) is 37.4 Å². The van der Waals surface area contributed by atoms with Crippen LogP contribution in [0.5, 0.6) is 0 Å². The third-order valence-corrected chi connectivity index (χ3v) is 5.17. The van der Waals surface area contributed by atoms with Crippen molar-refractivity contribution in [2.24, 2.45) is 11.1 Å². The van der Waals surface area contributed by atoms with Gasteiger partial charge >= 0.3 is 0 Å². The molecule has 1 amide bonds. The summed E-state index contributed by atoms with van der Waals surface area (Å²) in [6, 6.07) is 6.28. The Morgan fingerprint density at radius 2 is 2.14 bits per heavy atom. The van der Waals surface area contributed by atoms with E-state index in [1.165, 1.54) is 23.9 Å². The fourth-order valence-corrected chi connectivity index (χ4v) is 3.49. The predicted molar refractivity (Wildman–Crippen MR) is 86.8 cm³/mol. The van der Waals surface area contributed by atoms with E-state index in [-0.39, 0.29) is 22.3 Å². The standard InChI is InChI=1S/C15H21N3O3S/c1-11(14(19)17-8-7-15(2,9-16)10-17)22-13-5-3-12(4-6-13)18(20)21/h3-6,11H,7-10,16H2,1-2H3. The number of likely N-dealkylation sites (tertiary alicyclic amines) is 1. The first-order valence-corrected chi connectivity index (χ1v) is 8.12. The van der Waals surface area contributed by atoms with Crippen LogP contribution in [0.4, 0.5) is 5.69 Å². The van der Waals surface area contributed by atoms with Crippen LogP contribution in [0.15, 0.2) is 29.2 Å². The molecule has 120 valence electrons. The van der Waals surface area contributed by atoms with Crippen molar-refractivity contribution in [2.75, 3.05) is 19.6 Å². The molecule has 2 rings (SSSR count). The summed E-state index contributed by atoms with van der Waals surface area (Å²) in [6.45, 7) is 6.01. The molecule has 0 aromatic heterocycles. The number of benzene rings is 1. The Labute approximate surface area is 134 Å².